The summed E-state index contributed by atoms with van der Waals surface area (Å²) in [5.41, 5.74) is 2.16. The second-order valence-corrected chi connectivity index (χ2v) is 5.42. The van der Waals surface area contributed by atoms with Crippen LogP contribution in [0.1, 0.15) is 23.5 Å². The Hall–Kier alpha value is -0.970. The van der Waals surface area contributed by atoms with E-state index in [4.69, 9.17) is 11.6 Å². The fraction of sp³-hybridized carbons (Fsp3) is 0.333. The molecule has 3 nitrogen and oxygen atoms in total. The van der Waals surface area contributed by atoms with Crippen molar-refractivity contribution < 1.29 is 0 Å². The maximum Gasteiger partial charge on any atom is 0.147 e. The van der Waals surface area contributed by atoms with Gasteiger partial charge in [0.1, 0.15) is 10.0 Å². The Balaban J connectivity index is 2.36. The molecule has 0 fully saturated rings. The van der Waals surface area contributed by atoms with Crippen LogP contribution >= 0.6 is 22.9 Å². The van der Waals surface area contributed by atoms with E-state index in [0.717, 1.165) is 26.2 Å². The highest BCUT2D eigenvalue weighted by Crippen LogP contribution is 2.29. The molecule has 0 saturated carbocycles. The minimum atomic E-state index is 0.224. The third kappa shape index (κ3) is 2.83. The molecule has 0 spiro atoms. The lowest BCUT2D eigenvalue weighted by atomic mass is 10.1. The maximum absolute atomic E-state index is 6.04. The van der Waals surface area contributed by atoms with Gasteiger partial charge in [-0.25, -0.2) is 0 Å². The number of benzene rings is 1. The Morgan fingerprint density at radius 2 is 2.06 bits per heavy atom. The van der Waals surface area contributed by atoms with Gasteiger partial charge in [0, 0.05) is 10.6 Å². The summed E-state index contributed by atoms with van der Waals surface area (Å²) in [7, 11) is 1.91. The topological polar surface area (TPSA) is 37.8 Å². The highest BCUT2D eigenvalue weighted by atomic mass is 35.5. The van der Waals surface area contributed by atoms with Crippen molar-refractivity contribution >= 4 is 22.9 Å². The molecule has 1 N–H and O–H groups in total. The Morgan fingerprint density at radius 1 is 1.29 bits per heavy atom. The molecule has 0 saturated heterocycles. The Morgan fingerprint density at radius 3 is 2.71 bits per heavy atom. The zero-order valence-corrected chi connectivity index (χ0v) is 11.6. The van der Waals surface area contributed by atoms with Crippen LogP contribution in [0.2, 0.25) is 5.02 Å². The number of halogens is 1. The van der Waals surface area contributed by atoms with Crippen molar-refractivity contribution in [2.45, 2.75) is 19.9 Å². The van der Waals surface area contributed by atoms with Gasteiger partial charge in [-0.2, -0.15) is 0 Å². The van der Waals surface area contributed by atoms with Gasteiger partial charge in [0.15, 0.2) is 0 Å². The van der Waals surface area contributed by atoms with Crippen LogP contribution in [-0.2, 0) is 0 Å². The molecule has 0 aliphatic rings. The minimum Gasteiger partial charge on any atom is -0.311 e. The molecular weight excluding hydrogens is 254 g/mol. The number of aromatic nitrogens is 2. The molecule has 2 rings (SSSR count). The molecule has 0 radical (unpaired) electrons. The Bertz CT molecular complexity index is 504. The second-order valence-electron chi connectivity index (χ2n) is 3.97. The lowest BCUT2D eigenvalue weighted by molar-refractivity contribution is 0.640. The third-order valence-electron chi connectivity index (χ3n) is 2.53. The molecule has 1 aromatic carbocycles. The number of aryl methyl sites for hydroxylation is 1. The van der Waals surface area contributed by atoms with Crippen LogP contribution in [0.5, 0.6) is 0 Å². The van der Waals surface area contributed by atoms with Crippen LogP contribution in [0.3, 0.4) is 0 Å². The zero-order chi connectivity index (χ0) is 12.4. The van der Waals surface area contributed by atoms with E-state index in [9.17, 15) is 0 Å². The first-order valence-corrected chi connectivity index (χ1v) is 6.58. The molecule has 1 atom stereocenters. The molecule has 0 aliphatic carbocycles. The van der Waals surface area contributed by atoms with Gasteiger partial charge in [-0.1, -0.05) is 22.9 Å². The van der Waals surface area contributed by atoms with Gasteiger partial charge < -0.3 is 5.32 Å². The van der Waals surface area contributed by atoms with E-state index in [0.29, 0.717) is 0 Å². The number of nitrogens with zero attached hydrogens (tertiary/aromatic N) is 2. The molecule has 17 heavy (non-hydrogen) atoms. The van der Waals surface area contributed by atoms with Gasteiger partial charge >= 0.3 is 0 Å². The van der Waals surface area contributed by atoms with E-state index in [-0.39, 0.29) is 6.04 Å². The van der Waals surface area contributed by atoms with Crippen molar-refractivity contribution in [3.05, 3.63) is 33.8 Å². The average molecular weight is 268 g/mol. The molecule has 0 aliphatic heterocycles. The summed E-state index contributed by atoms with van der Waals surface area (Å²) in [4.78, 5) is 0. The number of nitrogens with one attached hydrogen (secondary N) is 1. The Labute approximate surface area is 110 Å². The van der Waals surface area contributed by atoms with E-state index >= 15 is 0 Å². The third-order valence-corrected chi connectivity index (χ3v) is 3.91. The summed E-state index contributed by atoms with van der Waals surface area (Å²) >= 11 is 7.63. The van der Waals surface area contributed by atoms with E-state index in [1.165, 1.54) is 0 Å². The summed E-state index contributed by atoms with van der Waals surface area (Å²) in [6.45, 7) is 4.08. The fourth-order valence-corrected chi connectivity index (χ4v) is 2.69. The van der Waals surface area contributed by atoms with Crippen molar-refractivity contribution in [2.75, 3.05) is 7.05 Å². The zero-order valence-electron chi connectivity index (χ0n) is 9.99. The smallest absolute Gasteiger partial charge is 0.147 e. The van der Waals surface area contributed by atoms with Gasteiger partial charge in [-0.3, -0.25) is 0 Å². The number of hydrogen-bond acceptors (Lipinski definition) is 4. The second kappa shape index (κ2) is 5.12. The minimum absolute atomic E-state index is 0.224. The van der Waals surface area contributed by atoms with E-state index in [1.807, 2.05) is 26.1 Å². The quantitative estimate of drug-likeness (QED) is 0.926. The summed E-state index contributed by atoms with van der Waals surface area (Å²) < 4.78 is 0. The molecule has 1 aromatic heterocycles. The van der Waals surface area contributed by atoms with E-state index < -0.39 is 0 Å². The molecular formula is C12H14ClN3S. The van der Waals surface area contributed by atoms with Gasteiger partial charge in [0.25, 0.3) is 0 Å². The fourth-order valence-electron chi connectivity index (χ4n) is 1.51. The van der Waals surface area contributed by atoms with Crippen LogP contribution in [0.25, 0.3) is 10.6 Å². The lowest BCUT2D eigenvalue weighted by Gasteiger charge is -2.03. The summed E-state index contributed by atoms with van der Waals surface area (Å²) in [5.74, 6) is 0. The molecule has 0 amide bonds. The van der Waals surface area contributed by atoms with E-state index in [2.05, 4.69) is 28.5 Å². The largest absolute Gasteiger partial charge is 0.311 e. The van der Waals surface area contributed by atoms with E-state index in [1.54, 1.807) is 11.3 Å². The predicted octanol–water partition coefficient (Wildman–Crippen LogP) is 3.45. The normalized spacial score (nSPS) is 12.7. The maximum atomic E-state index is 6.04. The van der Waals surface area contributed by atoms with Crippen LogP contribution in [0, 0.1) is 6.92 Å². The van der Waals surface area contributed by atoms with Crippen molar-refractivity contribution in [1.82, 2.24) is 15.5 Å². The molecule has 5 heteroatoms. The molecule has 0 bridgehead atoms. The van der Waals surface area contributed by atoms with Gasteiger partial charge in [-0.05, 0) is 44.7 Å². The number of rotatable bonds is 3. The highest BCUT2D eigenvalue weighted by Gasteiger charge is 2.11. The molecule has 2 aromatic rings. The van der Waals surface area contributed by atoms with Crippen molar-refractivity contribution in [3.63, 3.8) is 0 Å². The summed E-state index contributed by atoms with van der Waals surface area (Å²) in [6.07, 6.45) is 0. The first-order valence-electron chi connectivity index (χ1n) is 5.38. The lowest BCUT2D eigenvalue weighted by Crippen LogP contribution is -2.11. The first-order chi connectivity index (χ1) is 8.10. The highest BCUT2D eigenvalue weighted by molar-refractivity contribution is 7.14. The number of hydrogen-bond donors (Lipinski definition) is 1. The SMILES string of the molecule is CNC(C)c1nnc(-c2cc(C)cc(Cl)c2)s1. The Kier molecular flexibility index (Phi) is 3.76. The standard InChI is InChI=1S/C12H14ClN3S/c1-7-4-9(6-10(13)5-7)12-16-15-11(17-12)8(2)14-3/h4-6,8,14H,1-3H3. The van der Waals surface area contributed by atoms with Crippen molar-refractivity contribution in [3.8, 4) is 10.6 Å². The molecule has 1 heterocycles. The van der Waals surface area contributed by atoms with Gasteiger partial charge in [0.2, 0.25) is 0 Å². The van der Waals surface area contributed by atoms with Crippen molar-refractivity contribution in [1.29, 1.82) is 0 Å². The van der Waals surface area contributed by atoms with Crippen LogP contribution in [-0.4, -0.2) is 17.2 Å². The van der Waals surface area contributed by atoms with Crippen LogP contribution in [0.15, 0.2) is 18.2 Å². The van der Waals surface area contributed by atoms with Crippen LogP contribution in [0.4, 0.5) is 0 Å². The summed E-state index contributed by atoms with van der Waals surface area (Å²) in [5, 5.41) is 14.2. The monoisotopic (exact) mass is 267 g/mol. The van der Waals surface area contributed by atoms with Crippen LogP contribution < -0.4 is 5.32 Å². The molecule has 90 valence electrons. The average Bonchev–Trinajstić information content (AvgIpc) is 2.76. The molecule has 1 unspecified atom stereocenters. The van der Waals surface area contributed by atoms with Crippen molar-refractivity contribution in [2.24, 2.45) is 0 Å². The van der Waals surface area contributed by atoms with Gasteiger partial charge in [0.05, 0.1) is 6.04 Å². The summed E-state index contributed by atoms with van der Waals surface area (Å²) in [6, 6.07) is 6.15. The first kappa shape index (κ1) is 12.5. The van der Waals surface area contributed by atoms with Gasteiger partial charge in [-0.15, -0.1) is 10.2 Å². The predicted molar refractivity (Wildman–Crippen MR) is 72.6 cm³/mol.